The van der Waals surface area contributed by atoms with Crippen LogP contribution in [-0.2, 0) is 19.1 Å². The molecule has 2 rings (SSSR count). The summed E-state index contributed by atoms with van der Waals surface area (Å²) in [6, 6.07) is 7.73. The molecular weight excluding hydrogens is 358 g/mol. The van der Waals surface area contributed by atoms with E-state index in [-0.39, 0.29) is 18.4 Å². The summed E-state index contributed by atoms with van der Waals surface area (Å²) in [4.78, 5) is 28.3. The molecule has 0 aromatic heterocycles. The molecule has 1 saturated heterocycles. The molecule has 0 radical (unpaired) electrons. The third-order valence-corrected chi connectivity index (χ3v) is 4.70. The van der Waals surface area contributed by atoms with Crippen LogP contribution >= 0.6 is 0 Å². The number of ether oxygens (including phenoxy) is 2. The van der Waals surface area contributed by atoms with Gasteiger partial charge in [0.05, 0.1) is 19.8 Å². The predicted octanol–water partition coefficient (Wildman–Crippen LogP) is 2.37. The molecule has 156 valence electrons. The summed E-state index contributed by atoms with van der Waals surface area (Å²) < 4.78 is 10.9. The van der Waals surface area contributed by atoms with Gasteiger partial charge < -0.3 is 24.6 Å². The second kappa shape index (κ2) is 11.0. The van der Waals surface area contributed by atoms with E-state index in [1.54, 1.807) is 14.0 Å². The van der Waals surface area contributed by atoms with Gasteiger partial charge in [0.2, 0.25) is 5.91 Å². The number of hydrogen-bond donors (Lipinski definition) is 1. The van der Waals surface area contributed by atoms with Gasteiger partial charge in [-0.2, -0.15) is 0 Å². The van der Waals surface area contributed by atoms with Crippen molar-refractivity contribution < 1.29 is 19.1 Å². The minimum atomic E-state index is -0.552. The molecule has 1 aliphatic heterocycles. The topological polar surface area (TPSA) is 71.1 Å². The van der Waals surface area contributed by atoms with E-state index in [1.807, 2.05) is 24.3 Å². The van der Waals surface area contributed by atoms with Crippen molar-refractivity contribution in [3.63, 3.8) is 0 Å². The molecule has 2 amide bonds. The van der Waals surface area contributed by atoms with Gasteiger partial charge in [0.15, 0.2) is 0 Å². The number of morpholine rings is 1. The van der Waals surface area contributed by atoms with Crippen LogP contribution in [0.15, 0.2) is 24.3 Å². The van der Waals surface area contributed by atoms with Crippen LogP contribution in [-0.4, -0.2) is 69.3 Å². The molecule has 1 aromatic carbocycles. The Hall–Kier alpha value is -2.12. The van der Waals surface area contributed by atoms with Crippen LogP contribution in [0.25, 0.3) is 0 Å². The molecule has 7 heteroatoms. The van der Waals surface area contributed by atoms with E-state index in [0.29, 0.717) is 18.2 Å². The van der Waals surface area contributed by atoms with Crippen molar-refractivity contribution in [3.05, 3.63) is 24.3 Å². The number of nitrogens with one attached hydrogen (secondary N) is 1. The molecule has 0 aliphatic carbocycles. The minimum absolute atomic E-state index is 0.0120. The fourth-order valence-corrected chi connectivity index (χ4v) is 2.93. The van der Waals surface area contributed by atoms with Gasteiger partial charge in [0.25, 0.3) is 5.91 Å². The summed E-state index contributed by atoms with van der Waals surface area (Å²) in [5, 5.41) is 2.84. The second-order valence-electron chi connectivity index (χ2n) is 7.58. The zero-order valence-electron chi connectivity index (χ0n) is 17.4. The Morgan fingerprint density at radius 1 is 1.18 bits per heavy atom. The van der Waals surface area contributed by atoms with Crippen molar-refractivity contribution in [3.8, 4) is 0 Å². The third-order valence-electron chi connectivity index (χ3n) is 4.70. The van der Waals surface area contributed by atoms with E-state index < -0.39 is 6.10 Å². The highest BCUT2D eigenvalue weighted by Crippen LogP contribution is 2.19. The molecule has 1 aliphatic rings. The zero-order valence-corrected chi connectivity index (χ0v) is 17.4. The SMILES string of the molecule is CC(C)CCOC(C)C(=O)N(C)CC(=O)Nc1ccc(N2CCOCC2)cc1. The monoisotopic (exact) mass is 391 g/mol. The quantitative estimate of drug-likeness (QED) is 0.700. The van der Waals surface area contributed by atoms with Gasteiger partial charge in [-0.05, 0) is 43.5 Å². The molecule has 1 heterocycles. The van der Waals surface area contributed by atoms with Gasteiger partial charge in [-0.15, -0.1) is 0 Å². The van der Waals surface area contributed by atoms with Gasteiger partial charge in [-0.25, -0.2) is 0 Å². The summed E-state index contributed by atoms with van der Waals surface area (Å²) in [6.45, 7) is 9.69. The number of carbonyl (C=O) groups is 2. The Balaban J connectivity index is 1.78. The molecule has 1 unspecified atom stereocenters. The Labute approximate surface area is 168 Å². The normalized spacial score (nSPS) is 15.4. The molecule has 1 fully saturated rings. The maximum Gasteiger partial charge on any atom is 0.251 e. The first-order valence-corrected chi connectivity index (χ1v) is 9.96. The van der Waals surface area contributed by atoms with Crippen LogP contribution in [0, 0.1) is 5.92 Å². The van der Waals surface area contributed by atoms with E-state index in [9.17, 15) is 9.59 Å². The molecule has 1 N–H and O–H groups in total. The number of likely N-dealkylation sites (N-methyl/N-ethyl adjacent to an activating group) is 1. The van der Waals surface area contributed by atoms with Crippen molar-refractivity contribution in [1.82, 2.24) is 4.90 Å². The van der Waals surface area contributed by atoms with Crippen LogP contribution in [0.4, 0.5) is 11.4 Å². The van der Waals surface area contributed by atoms with E-state index in [4.69, 9.17) is 9.47 Å². The van der Waals surface area contributed by atoms with E-state index in [1.165, 1.54) is 4.90 Å². The van der Waals surface area contributed by atoms with Crippen molar-refractivity contribution in [2.75, 3.05) is 56.7 Å². The zero-order chi connectivity index (χ0) is 20.5. The molecule has 7 nitrogen and oxygen atoms in total. The van der Waals surface area contributed by atoms with Crippen LogP contribution < -0.4 is 10.2 Å². The fraction of sp³-hybridized carbons (Fsp3) is 0.619. The van der Waals surface area contributed by atoms with E-state index in [0.717, 1.165) is 38.4 Å². The summed E-state index contributed by atoms with van der Waals surface area (Å²) >= 11 is 0. The first kappa shape index (κ1) is 22.2. The number of rotatable bonds is 9. The maximum absolute atomic E-state index is 12.3. The third kappa shape index (κ3) is 7.13. The number of hydrogen-bond acceptors (Lipinski definition) is 5. The first-order valence-electron chi connectivity index (χ1n) is 9.96. The van der Waals surface area contributed by atoms with Crippen LogP contribution in [0.5, 0.6) is 0 Å². The lowest BCUT2D eigenvalue weighted by molar-refractivity contribution is -0.143. The standard InChI is InChI=1S/C21H33N3O4/c1-16(2)9-12-28-17(3)21(26)23(4)15-20(25)22-18-5-7-19(8-6-18)24-10-13-27-14-11-24/h5-8,16-17H,9-15H2,1-4H3,(H,22,25). The van der Waals surface area contributed by atoms with Gasteiger partial charge in [-0.3, -0.25) is 9.59 Å². The van der Waals surface area contributed by atoms with Gasteiger partial charge in [-0.1, -0.05) is 13.8 Å². The Morgan fingerprint density at radius 2 is 1.82 bits per heavy atom. The molecule has 1 atom stereocenters. The Bertz CT molecular complexity index is 627. The van der Waals surface area contributed by atoms with Gasteiger partial charge >= 0.3 is 0 Å². The lowest BCUT2D eigenvalue weighted by Crippen LogP contribution is -2.41. The molecule has 0 saturated carbocycles. The minimum Gasteiger partial charge on any atom is -0.378 e. The number of benzene rings is 1. The molecule has 28 heavy (non-hydrogen) atoms. The summed E-state index contributed by atoms with van der Waals surface area (Å²) in [7, 11) is 1.62. The average Bonchev–Trinajstić information content (AvgIpc) is 2.68. The first-order chi connectivity index (χ1) is 13.4. The largest absolute Gasteiger partial charge is 0.378 e. The maximum atomic E-state index is 12.3. The molecule has 1 aromatic rings. The summed E-state index contributed by atoms with van der Waals surface area (Å²) in [5.74, 6) is 0.103. The molecule has 0 spiro atoms. The summed E-state index contributed by atoms with van der Waals surface area (Å²) in [5.41, 5.74) is 1.82. The highest BCUT2D eigenvalue weighted by atomic mass is 16.5. The smallest absolute Gasteiger partial charge is 0.251 e. The second-order valence-corrected chi connectivity index (χ2v) is 7.58. The van der Waals surface area contributed by atoms with Crippen LogP contribution in [0.1, 0.15) is 27.2 Å². The predicted molar refractivity (Wildman–Crippen MR) is 111 cm³/mol. The van der Waals surface area contributed by atoms with Gasteiger partial charge in [0.1, 0.15) is 6.10 Å². The number of anilines is 2. The molecular formula is C21H33N3O4. The Morgan fingerprint density at radius 3 is 2.43 bits per heavy atom. The highest BCUT2D eigenvalue weighted by Gasteiger charge is 2.20. The van der Waals surface area contributed by atoms with Crippen molar-refractivity contribution in [1.29, 1.82) is 0 Å². The van der Waals surface area contributed by atoms with Crippen molar-refractivity contribution >= 4 is 23.2 Å². The van der Waals surface area contributed by atoms with E-state index >= 15 is 0 Å². The molecule has 0 bridgehead atoms. The lowest BCUT2D eigenvalue weighted by Gasteiger charge is -2.29. The lowest BCUT2D eigenvalue weighted by atomic mass is 10.1. The fourth-order valence-electron chi connectivity index (χ4n) is 2.93. The summed E-state index contributed by atoms with van der Waals surface area (Å²) in [6.07, 6.45) is 0.354. The number of nitrogens with zero attached hydrogens (tertiary/aromatic N) is 2. The average molecular weight is 392 g/mol. The van der Waals surface area contributed by atoms with Crippen LogP contribution in [0.2, 0.25) is 0 Å². The van der Waals surface area contributed by atoms with Crippen molar-refractivity contribution in [2.45, 2.75) is 33.3 Å². The van der Waals surface area contributed by atoms with Gasteiger partial charge in [0, 0.05) is 38.1 Å². The number of amides is 2. The number of carbonyl (C=O) groups excluding carboxylic acids is 2. The Kier molecular flexibility index (Phi) is 8.73. The van der Waals surface area contributed by atoms with Crippen LogP contribution in [0.3, 0.4) is 0 Å². The highest BCUT2D eigenvalue weighted by molar-refractivity contribution is 5.95. The van der Waals surface area contributed by atoms with E-state index in [2.05, 4.69) is 24.1 Å². The van der Waals surface area contributed by atoms with Crippen molar-refractivity contribution in [2.24, 2.45) is 5.92 Å².